The van der Waals surface area contributed by atoms with E-state index in [1.165, 1.54) is 0 Å². The van der Waals surface area contributed by atoms with E-state index in [4.69, 9.17) is 15.2 Å². The molecule has 0 saturated carbocycles. The van der Waals surface area contributed by atoms with Gasteiger partial charge in [0.15, 0.2) is 0 Å². The largest absolute Gasteiger partial charge is 0.494 e. The summed E-state index contributed by atoms with van der Waals surface area (Å²) in [5.41, 5.74) is 6.25. The summed E-state index contributed by atoms with van der Waals surface area (Å²) in [6, 6.07) is 7.33. The van der Waals surface area contributed by atoms with Crippen LogP contribution in [0.5, 0.6) is 5.75 Å². The van der Waals surface area contributed by atoms with Crippen LogP contribution in [0.15, 0.2) is 24.3 Å². The van der Waals surface area contributed by atoms with E-state index in [1.54, 1.807) is 6.07 Å². The number of carbonyl (C=O) groups excluding carboxylic acids is 1. The Kier molecular flexibility index (Phi) is 4.76. The summed E-state index contributed by atoms with van der Waals surface area (Å²) < 4.78 is 10.9. The molecule has 1 amide bonds. The molecule has 0 aromatic heterocycles. The SMILES string of the molecule is CCOc1cccc(NC(=O)C2CCC(CN)O2)c1. The fourth-order valence-electron chi connectivity index (χ4n) is 2.13. The zero-order valence-electron chi connectivity index (χ0n) is 11.1. The second-order valence-corrected chi connectivity index (χ2v) is 4.51. The summed E-state index contributed by atoms with van der Waals surface area (Å²) >= 11 is 0. The molecule has 0 aliphatic carbocycles. The van der Waals surface area contributed by atoms with E-state index in [1.807, 2.05) is 25.1 Å². The molecule has 1 aliphatic heterocycles. The molecule has 2 rings (SSSR count). The van der Waals surface area contributed by atoms with Crippen molar-refractivity contribution in [3.63, 3.8) is 0 Å². The van der Waals surface area contributed by atoms with E-state index in [0.29, 0.717) is 13.2 Å². The van der Waals surface area contributed by atoms with E-state index >= 15 is 0 Å². The molecule has 1 aromatic rings. The van der Waals surface area contributed by atoms with Crippen LogP contribution in [0.25, 0.3) is 0 Å². The van der Waals surface area contributed by atoms with Gasteiger partial charge in [-0.05, 0) is 31.9 Å². The van der Waals surface area contributed by atoms with E-state index in [-0.39, 0.29) is 12.0 Å². The Hall–Kier alpha value is -1.59. The van der Waals surface area contributed by atoms with Gasteiger partial charge in [0.2, 0.25) is 0 Å². The van der Waals surface area contributed by atoms with Crippen molar-refractivity contribution in [2.45, 2.75) is 32.0 Å². The molecule has 3 N–H and O–H groups in total. The molecule has 0 radical (unpaired) electrons. The third-order valence-corrected chi connectivity index (χ3v) is 3.08. The molecule has 1 aliphatic rings. The van der Waals surface area contributed by atoms with Gasteiger partial charge in [0, 0.05) is 18.3 Å². The average molecular weight is 264 g/mol. The summed E-state index contributed by atoms with van der Waals surface area (Å²) in [6.07, 6.45) is 1.17. The number of nitrogens with two attached hydrogens (primary N) is 1. The number of hydrogen-bond donors (Lipinski definition) is 2. The fourth-order valence-corrected chi connectivity index (χ4v) is 2.13. The molecule has 104 valence electrons. The van der Waals surface area contributed by atoms with Crippen molar-refractivity contribution in [2.24, 2.45) is 5.73 Å². The maximum absolute atomic E-state index is 12.0. The number of rotatable bonds is 5. The number of hydrogen-bond acceptors (Lipinski definition) is 4. The predicted molar refractivity (Wildman–Crippen MR) is 73.2 cm³/mol. The number of amides is 1. The average Bonchev–Trinajstić information content (AvgIpc) is 2.88. The maximum atomic E-state index is 12.0. The van der Waals surface area contributed by atoms with Gasteiger partial charge >= 0.3 is 0 Å². The summed E-state index contributed by atoms with van der Waals surface area (Å²) in [6.45, 7) is 2.98. The minimum absolute atomic E-state index is 0.00510. The Labute approximate surface area is 113 Å². The third-order valence-electron chi connectivity index (χ3n) is 3.08. The summed E-state index contributed by atoms with van der Waals surface area (Å²) in [5.74, 6) is 0.622. The lowest BCUT2D eigenvalue weighted by molar-refractivity contribution is -0.126. The highest BCUT2D eigenvalue weighted by molar-refractivity contribution is 5.94. The highest BCUT2D eigenvalue weighted by Crippen LogP contribution is 2.22. The molecule has 2 unspecified atom stereocenters. The van der Waals surface area contributed by atoms with Gasteiger partial charge in [-0.15, -0.1) is 0 Å². The molecule has 1 saturated heterocycles. The van der Waals surface area contributed by atoms with Gasteiger partial charge in [0.1, 0.15) is 11.9 Å². The van der Waals surface area contributed by atoms with Crippen molar-refractivity contribution in [1.82, 2.24) is 0 Å². The summed E-state index contributed by atoms with van der Waals surface area (Å²) in [4.78, 5) is 12.0. The van der Waals surface area contributed by atoms with Crippen LogP contribution in [0, 0.1) is 0 Å². The summed E-state index contributed by atoms with van der Waals surface area (Å²) in [5, 5.41) is 2.84. The second-order valence-electron chi connectivity index (χ2n) is 4.51. The van der Waals surface area contributed by atoms with Crippen molar-refractivity contribution in [1.29, 1.82) is 0 Å². The predicted octanol–water partition coefficient (Wildman–Crippen LogP) is 1.53. The standard InChI is InChI=1S/C14H20N2O3/c1-2-18-11-5-3-4-10(8-11)16-14(17)13-7-6-12(9-15)19-13/h3-5,8,12-13H,2,6-7,9,15H2,1H3,(H,16,17). The molecule has 1 fully saturated rings. The molecular formula is C14H20N2O3. The van der Waals surface area contributed by atoms with Crippen LogP contribution < -0.4 is 15.8 Å². The number of carbonyl (C=O) groups is 1. The highest BCUT2D eigenvalue weighted by Gasteiger charge is 2.29. The van der Waals surface area contributed by atoms with Crippen LogP contribution in [0.1, 0.15) is 19.8 Å². The van der Waals surface area contributed by atoms with E-state index in [0.717, 1.165) is 24.3 Å². The molecule has 5 nitrogen and oxygen atoms in total. The molecule has 5 heteroatoms. The fraction of sp³-hybridized carbons (Fsp3) is 0.500. The smallest absolute Gasteiger partial charge is 0.253 e. The van der Waals surface area contributed by atoms with Crippen molar-refractivity contribution in [2.75, 3.05) is 18.5 Å². The monoisotopic (exact) mass is 264 g/mol. The Bertz CT molecular complexity index is 436. The van der Waals surface area contributed by atoms with Gasteiger partial charge in [-0.2, -0.15) is 0 Å². The van der Waals surface area contributed by atoms with Crippen LogP contribution in [0.3, 0.4) is 0 Å². The molecular weight excluding hydrogens is 244 g/mol. The van der Waals surface area contributed by atoms with Crippen molar-refractivity contribution < 1.29 is 14.3 Å². The molecule has 0 bridgehead atoms. The highest BCUT2D eigenvalue weighted by atomic mass is 16.5. The number of benzene rings is 1. The normalized spacial score (nSPS) is 22.2. The van der Waals surface area contributed by atoms with Crippen LogP contribution in [0.4, 0.5) is 5.69 Å². The first kappa shape index (κ1) is 13.8. The minimum Gasteiger partial charge on any atom is -0.494 e. The van der Waals surface area contributed by atoms with Crippen LogP contribution in [-0.4, -0.2) is 31.3 Å². The van der Waals surface area contributed by atoms with Gasteiger partial charge in [-0.25, -0.2) is 0 Å². The maximum Gasteiger partial charge on any atom is 0.253 e. The van der Waals surface area contributed by atoms with Gasteiger partial charge in [0.05, 0.1) is 12.7 Å². The van der Waals surface area contributed by atoms with Crippen LogP contribution in [-0.2, 0) is 9.53 Å². The van der Waals surface area contributed by atoms with Crippen LogP contribution >= 0.6 is 0 Å². The summed E-state index contributed by atoms with van der Waals surface area (Å²) in [7, 11) is 0. The van der Waals surface area contributed by atoms with Gasteiger partial charge in [-0.3, -0.25) is 4.79 Å². The second kappa shape index (κ2) is 6.54. The first-order valence-electron chi connectivity index (χ1n) is 6.62. The Morgan fingerprint density at radius 2 is 2.37 bits per heavy atom. The van der Waals surface area contributed by atoms with Crippen molar-refractivity contribution in [3.8, 4) is 5.75 Å². The Morgan fingerprint density at radius 1 is 1.53 bits per heavy atom. The van der Waals surface area contributed by atoms with Gasteiger partial charge in [-0.1, -0.05) is 6.07 Å². The molecule has 2 atom stereocenters. The number of ether oxygens (including phenoxy) is 2. The van der Waals surface area contributed by atoms with E-state index < -0.39 is 6.10 Å². The lowest BCUT2D eigenvalue weighted by atomic mass is 10.2. The lowest BCUT2D eigenvalue weighted by Gasteiger charge is -2.13. The molecule has 19 heavy (non-hydrogen) atoms. The zero-order valence-corrected chi connectivity index (χ0v) is 11.1. The number of anilines is 1. The topological polar surface area (TPSA) is 73.6 Å². The van der Waals surface area contributed by atoms with Gasteiger partial charge < -0.3 is 20.5 Å². The molecule has 1 heterocycles. The van der Waals surface area contributed by atoms with Crippen LogP contribution in [0.2, 0.25) is 0 Å². The van der Waals surface area contributed by atoms with Gasteiger partial charge in [0.25, 0.3) is 5.91 Å². The van der Waals surface area contributed by atoms with E-state index in [2.05, 4.69) is 5.32 Å². The zero-order chi connectivity index (χ0) is 13.7. The lowest BCUT2D eigenvalue weighted by Crippen LogP contribution is -2.29. The Morgan fingerprint density at radius 3 is 3.05 bits per heavy atom. The molecule has 1 aromatic carbocycles. The minimum atomic E-state index is -0.399. The quantitative estimate of drug-likeness (QED) is 0.846. The first-order valence-corrected chi connectivity index (χ1v) is 6.62. The number of nitrogens with one attached hydrogen (secondary N) is 1. The van der Waals surface area contributed by atoms with Crippen molar-refractivity contribution in [3.05, 3.63) is 24.3 Å². The first-order chi connectivity index (χ1) is 9.22. The van der Waals surface area contributed by atoms with Crippen molar-refractivity contribution >= 4 is 11.6 Å². The van der Waals surface area contributed by atoms with E-state index in [9.17, 15) is 4.79 Å². The third kappa shape index (κ3) is 3.68. The molecule has 0 spiro atoms. The Balaban J connectivity index is 1.93.